The first-order chi connectivity index (χ1) is 15.8. The fraction of sp³-hybridized carbons (Fsp3) is 0.222. The van der Waals surface area contributed by atoms with E-state index in [0.717, 1.165) is 5.69 Å². The van der Waals surface area contributed by atoms with Crippen LogP contribution in [0, 0.1) is 0 Å². The second-order valence-electron chi connectivity index (χ2n) is 8.64. The van der Waals surface area contributed by atoms with Crippen molar-refractivity contribution in [2.45, 2.75) is 32.4 Å². The van der Waals surface area contributed by atoms with E-state index in [1.54, 1.807) is 43.4 Å². The molecule has 0 aliphatic heterocycles. The second kappa shape index (κ2) is 10.5. The van der Waals surface area contributed by atoms with Crippen molar-refractivity contribution < 1.29 is 9.59 Å². The summed E-state index contributed by atoms with van der Waals surface area (Å²) in [5, 5.41) is 3.00. The van der Waals surface area contributed by atoms with Crippen LogP contribution in [0.3, 0.4) is 0 Å². The van der Waals surface area contributed by atoms with Crippen LogP contribution in [0.25, 0.3) is 0 Å². The van der Waals surface area contributed by atoms with Gasteiger partial charge in [-0.15, -0.1) is 0 Å². The number of carbonyl (C=O) groups is 2. The molecular weight excluding hydrogens is 412 g/mol. The summed E-state index contributed by atoms with van der Waals surface area (Å²) >= 11 is 0. The molecule has 0 spiro atoms. The molecule has 33 heavy (non-hydrogen) atoms. The molecule has 0 aliphatic rings. The Hall–Kier alpha value is -4.02. The van der Waals surface area contributed by atoms with Crippen LogP contribution in [0.5, 0.6) is 0 Å². The molecule has 3 aromatic rings. The minimum Gasteiger partial charge on any atom is -0.349 e. The minimum atomic E-state index is -0.893. The number of para-hydroxylation sites is 2. The van der Waals surface area contributed by atoms with E-state index >= 15 is 0 Å². The Morgan fingerprint density at radius 1 is 0.848 bits per heavy atom. The molecule has 0 aromatic heterocycles. The maximum Gasteiger partial charge on any atom is 0.254 e. The molecular formula is C27H28N4O2. The van der Waals surface area contributed by atoms with E-state index in [4.69, 9.17) is 0 Å². The van der Waals surface area contributed by atoms with E-state index in [1.165, 1.54) is 4.90 Å². The molecule has 6 nitrogen and oxygen atoms in total. The van der Waals surface area contributed by atoms with Gasteiger partial charge in [0.1, 0.15) is 12.1 Å². The van der Waals surface area contributed by atoms with Gasteiger partial charge in [0, 0.05) is 23.7 Å². The Labute approximate surface area is 194 Å². The van der Waals surface area contributed by atoms with Gasteiger partial charge in [0.2, 0.25) is 5.91 Å². The smallest absolute Gasteiger partial charge is 0.254 e. The fourth-order valence-corrected chi connectivity index (χ4v) is 3.33. The third-order valence-electron chi connectivity index (χ3n) is 4.81. The summed E-state index contributed by atoms with van der Waals surface area (Å²) in [7, 11) is 1.63. The molecule has 2 amide bonds. The second-order valence-corrected chi connectivity index (χ2v) is 8.64. The molecule has 0 fully saturated rings. The van der Waals surface area contributed by atoms with E-state index in [9.17, 15) is 9.59 Å². The predicted octanol–water partition coefficient (Wildman–Crippen LogP) is 5.55. The van der Waals surface area contributed by atoms with Gasteiger partial charge in [0.05, 0.1) is 11.4 Å². The van der Waals surface area contributed by atoms with Crippen molar-refractivity contribution in [3.05, 3.63) is 96.1 Å². The molecule has 0 radical (unpaired) electrons. The zero-order valence-corrected chi connectivity index (χ0v) is 19.3. The lowest BCUT2D eigenvalue weighted by molar-refractivity contribution is -0.127. The van der Waals surface area contributed by atoms with E-state index in [-0.39, 0.29) is 11.8 Å². The summed E-state index contributed by atoms with van der Waals surface area (Å²) in [6, 6.07) is 27.3. The summed E-state index contributed by atoms with van der Waals surface area (Å²) in [6.45, 7) is 5.70. The summed E-state index contributed by atoms with van der Waals surface area (Å²) in [6.07, 6.45) is 0. The van der Waals surface area contributed by atoms with E-state index < -0.39 is 11.6 Å². The van der Waals surface area contributed by atoms with Crippen LogP contribution in [0.15, 0.2) is 94.9 Å². The van der Waals surface area contributed by atoms with Gasteiger partial charge < -0.3 is 10.2 Å². The summed E-state index contributed by atoms with van der Waals surface area (Å²) in [4.78, 5) is 36.7. The number of nitrogens with one attached hydrogen (secondary N) is 1. The Morgan fingerprint density at radius 3 is 2.06 bits per heavy atom. The molecule has 0 bridgehead atoms. The Balaban J connectivity index is 2.03. The lowest BCUT2D eigenvalue weighted by atomic mass is 9.99. The van der Waals surface area contributed by atoms with Crippen molar-refractivity contribution in [1.29, 1.82) is 0 Å². The molecule has 1 unspecified atom stereocenters. The maximum atomic E-state index is 13.4. The van der Waals surface area contributed by atoms with Crippen molar-refractivity contribution in [2.75, 3.05) is 7.05 Å². The van der Waals surface area contributed by atoms with Crippen LogP contribution in [-0.4, -0.2) is 35.3 Å². The first-order valence-electron chi connectivity index (χ1n) is 10.7. The number of benzene rings is 3. The van der Waals surface area contributed by atoms with Crippen LogP contribution in [0.2, 0.25) is 0 Å². The lowest BCUT2D eigenvalue weighted by Crippen LogP contribution is -2.48. The zero-order chi connectivity index (χ0) is 23.8. The zero-order valence-electron chi connectivity index (χ0n) is 19.3. The molecule has 0 saturated carbocycles. The topological polar surface area (TPSA) is 74.1 Å². The minimum absolute atomic E-state index is 0.263. The third-order valence-corrected chi connectivity index (χ3v) is 4.81. The highest BCUT2D eigenvalue weighted by Gasteiger charge is 2.32. The quantitative estimate of drug-likeness (QED) is 0.510. The summed E-state index contributed by atoms with van der Waals surface area (Å²) < 4.78 is 0. The molecule has 1 N–H and O–H groups in total. The van der Waals surface area contributed by atoms with E-state index in [2.05, 4.69) is 21.3 Å². The number of likely N-dealkylation sites (N-methyl/N-ethyl adjacent to an activating group) is 1. The standard InChI is InChI=1S/C27H28N4O2/c1-27(2,3)30-25(32)24(31(4)26(33)20-13-7-5-8-14-20)22-17-11-12-18-23(22)29-19-28-21-15-9-6-10-16-21/h5-18,24H,1-4H3,(H,30,32). The van der Waals surface area contributed by atoms with Crippen LogP contribution < -0.4 is 5.32 Å². The number of amides is 2. The molecule has 1 atom stereocenters. The first kappa shape index (κ1) is 23.6. The van der Waals surface area contributed by atoms with Gasteiger partial charge in [-0.05, 0) is 51.1 Å². The molecule has 0 saturated heterocycles. The Kier molecular flexibility index (Phi) is 7.54. The number of hydrogen-bond acceptors (Lipinski definition) is 4. The van der Waals surface area contributed by atoms with Crippen LogP contribution in [-0.2, 0) is 4.79 Å². The lowest BCUT2D eigenvalue weighted by Gasteiger charge is -2.31. The molecule has 6 heteroatoms. The van der Waals surface area contributed by atoms with E-state index in [0.29, 0.717) is 16.8 Å². The number of hydrogen-bond donors (Lipinski definition) is 1. The summed E-state index contributed by atoms with van der Waals surface area (Å²) in [5.74, 6) is -0.557. The van der Waals surface area contributed by atoms with Crippen LogP contribution in [0.1, 0.15) is 42.7 Å². The van der Waals surface area contributed by atoms with Crippen molar-refractivity contribution >= 4 is 29.2 Å². The average Bonchev–Trinajstić information content (AvgIpc) is 2.80. The number of nitrogens with zero attached hydrogens (tertiary/aromatic N) is 3. The highest BCUT2D eigenvalue weighted by molar-refractivity contribution is 5.98. The normalized spacial score (nSPS) is 11.6. The fourth-order valence-electron chi connectivity index (χ4n) is 3.33. The molecule has 3 rings (SSSR count). The van der Waals surface area contributed by atoms with E-state index in [1.807, 2.05) is 69.3 Å². The van der Waals surface area contributed by atoms with Gasteiger partial charge in [-0.25, -0.2) is 0 Å². The van der Waals surface area contributed by atoms with Crippen molar-refractivity contribution in [3.8, 4) is 0 Å². The average molecular weight is 441 g/mol. The Morgan fingerprint density at radius 2 is 1.42 bits per heavy atom. The van der Waals surface area contributed by atoms with Gasteiger partial charge in [-0.3, -0.25) is 9.59 Å². The van der Waals surface area contributed by atoms with Crippen LogP contribution >= 0.6 is 0 Å². The van der Waals surface area contributed by atoms with Crippen molar-refractivity contribution in [2.24, 2.45) is 9.98 Å². The first-order valence-corrected chi connectivity index (χ1v) is 10.7. The van der Waals surface area contributed by atoms with Gasteiger partial charge >= 0.3 is 0 Å². The highest BCUT2D eigenvalue weighted by atomic mass is 16.2. The molecule has 3 aromatic carbocycles. The summed E-state index contributed by atoms with van der Waals surface area (Å²) in [5.41, 5.74) is 1.84. The number of carbonyl (C=O) groups excluding carboxylic acids is 2. The number of aliphatic imine (C=N–C) groups is 2. The monoisotopic (exact) mass is 440 g/mol. The predicted molar refractivity (Wildman–Crippen MR) is 131 cm³/mol. The molecule has 0 heterocycles. The van der Waals surface area contributed by atoms with Gasteiger partial charge in [0.25, 0.3) is 5.91 Å². The van der Waals surface area contributed by atoms with Gasteiger partial charge in [-0.1, -0.05) is 54.6 Å². The molecule has 168 valence electrons. The largest absolute Gasteiger partial charge is 0.349 e. The third kappa shape index (κ3) is 6.48. The number of rotatable bonds is 6. The van der Waals surface area contributed by atoms with Crippen molar-refractivity contribution in [3.63, 3.8) is 0 Å². The molecule has 0 aliphatic carbocycles. The van der Waals surface area contributed by atoms with Gasteiger partial charge in [-0.2, -0.15) is 9.98 Å². The van der Waals surface area contributed by atoms with Crippen LogP contribution in [0.4, 0.5) is 11.4 Å². The highest BCUT2D eigenvalue weighted by Crippen LogP contribution is 2.30. The van der Waals surface area contributed by atoms with Gasteiger partial charge in [0.15, 0.2) is 0 Å². The van der Waals surface area contributed by atoms with Crippen molar-refractivity contribution in [1.82, 2.24) is 10.2 Å². The SMILES string of the molecule is CN(C(=O)c1ccccc1)C(C(=O)NC(C)(C)C)c1ccccc1N=C=Nc1ccccc1. The Bertz CT molecular complexity index is 1160. The maximum absolute atomic E-state index is 13.4.